The lowest BCUT2D eigenvalue weighted by Gasteiger charge is -2.14. The van der Waals surface area contributed by atoms with Crippen molar-refractivity contribution in [2.24, 2.45) is 5.73 Å². The molecule has 0 aromatic heterocycles. The maximum atomic E-state index is 12.1. The normalized spacial score (nSPS) is 11.9. The van der Waals surface area contributed by atoms with Gasteiger partial charge in [0.15, 0.2) is 0 Å². The molecule has 2 aromatic rings. The summed E-state index contributed by atoms with van der Waals surface area (Å²) in [6.45, 7) is 1.90. The van der Waals surface area contributed by atoms with Gasteiger partial charge in [0, 0.05) is 10.7 Å². The molecule has 1 amide bonds. The number of halogens is 1. The number of hydrogen-bond acceptors (Lipinski definition) is 2. The van der Waals surface area contributed by atoms with E-state index in [0.29, 0.717) is 10.7 Å². The van der Waals surface area contributed by atoms with Gasteiger partial charge in [0.25, 0.3) is 0 Å². The van der Waals surface area contributed by atoms with Crippen LogP contribution in [0.1, 0.15) is 17.2 Å². The second-order valence-corrected chi connectivity index (χ2v) is 4.77. The SMILES string of the molecule is Cc1ccc(Cl)cc1NC(=O)[C@H](N)c1ccccc1. The molecular formula is C15H15ClN2O. The Kier molecular flexibility index (Phi) is 4.20. The molecule has 0 radical (unpaired) electrons. The van der Waals surface area contributed by atoms with Gasteiger partial charge in [-0.15, -0.1) is 0 Å². The number of carbonyl (C=O) groups excluding carboxylic acids is 1. The van der Waals surface area contributed by atoms with Crippen LogP contribution in [0, 0.1) is 6.92 Å². The minimum atomic E-state index is -0.695. The molecule has 0 unspecified atom stereocenters. The number of rotatable bonds is 3. The molecule has 0 saturated carbocycles. The fraction of sp³-hybridized carbons (Fsp3) is 0.133. The predicted molar refractivity (Wildman–Crippen MR) is 78.2 cm³/mol. The first-order valence-corrected chi connectivity index (χ1v) is 6.33. The molecule has 0 heterocycles. The summed E-state index contributed by atoms with van der Waals surface area (Å²) in [5, 5.41) is 3.38. The number of nitrogens with two attached hydrogens (primary N) is 1. The van der Waals surface area contributed by atoms with Crippen LogP contribution in [-0.4, -0.2) is 5.91 Å². The van der Waals surface area contributed by atoms with Crippen molar-refractivity contribution in [2.45, 2.75) is 13.0 Å². The molecule has 2 aromatic carbocycles. The molecule has 1 atom stereocenters. The lowest BCUT2D eigenvalue weighted by atomic mass is 10.1. The topological polar surface area (TPSA) is 55.1 Å². The number of amides is 1. The average molecular weight is 275 g/mol. The van der Waals surface area contributed by atoms with Gasteiger partial charge in [-0.05, 0) is 30.2 Å². The molecule has 0 fully saturated rings. The first kappa shape index (κ1) is 13.6. The summed E-state index contributed by atoms with van der Waals surface area (Å²) in [5.41, 5.74) is 8.33. The van der Waals surface area contributed by atoms with E-state index in [1.807, 2.05) is 43.3 Å². The van der Waals surface area contributed by atoms with E-state index >= 15 is 0 Å². The molecular weight excluding hydrogens is 260 g/mol. The van der Waals surface area contributed by atoms with Gasteiger partial charge in [0.2, 0.25) is 5.91 Å². The third kappa shape index (κ3) is 3.34. The number of benzene rings is 2. The van der Waals surface area contributed by atoms with Crippen molar-refractivity contribution in [3.63, 3.8) is 0 Å². The summed E-state index contributed by atoms with van der Waals surface area (Å²) in [7, 11) is 0. The van der Waals surface area contributed by atoms with Crippen LogP contribution in [0.5, 0.6) is 0 Å². The van der Waals surface area contributed by atoms with Crippen LogP contribution in [0.4, 0.5) is 5.69 Å². The highest BCUT2D eigenvalue weighted by atomic mass is 35.5. The summed E-state index contributed by atoms with van der Waals surface area (Å²) < 4.78 is 0. The van der Waals surface area contributed by atoms with Crippen LogP contribution < -0.4 is 11.1 Å². The maximum absolute atomic E-state index is 12.1. The molecule has 0 bridgehead atoms. The van der Waals surface area contributed by atoms with Gasteiger partial charge >= 0.3 is 0 Å². The minimum absolute atomic E-state index is 0.253. The van der Waals surface area contributed by atoms with Gasteiger partial charge in [-0.2, -0.15) is 0 Å². The Hall–Kier alpha value is -1.84. The quantitative estimate of drug-likeness (QED) is 0.902. The Morgan fingerprint density at radius 1 is 1.21 bits per heavy atom. The van der Waals surface area contributed by atoms with Gasteiger partial charge in [-0.1, -0.05) is 48.0 Å². The maximum Gasteiger partial charge on any atom is 0.245 e. The van der Waals surface area contributed by atoms with Gasteiger partial charge in [-0.25, -0.2) is 0 Å². The zero-order valence-electron chi connectivity index (χ0n) is 10.6. The van der Waals surface area contributed by atoms with E-state index in [2.05, 4.69) is 5.32 Å². The lowest BCUT2D eigenvalue weighted by Crippen LogP contribution is -2.27. The Labute approximate surface area is 117 Å². The third-order valence-corrected chi connectivity index (χ3v) is 3.13. The van der Waals surface area contributed by atoms with Crippen LogP contribution in [0.3, 0.4) is 0 Å². The first-order valence-electron chi connectivity index (χ1n) is 5.95. The monoisotopic (exact) mass is 274 g/mol. The second-order valence-electron chi connectivity index (χ2n) is 4.34. The van der Waals surface area contributed by atoms with Crippen molar-refractivity contribution in [3.8, 4) is 0 Å². The second kappa shape index (κ2) is 5.87. The van der Waals surface area contributed by atoms with Crippen molar-refractivity contribution in [1.82, 2.24) is 0 Å². The van der Waals surface area contributed by atoms with E-state index in [4.69, 9.17) is 17.3 Å². The molecule has 0 saturated heterocycles. The molecule has 0 aliphatic rings. The molecule has 98 valence electrons. The van der Waals surface area contributed by atoms with Crippen molar-refractivity contribution in [3.05, 3.63) is 64.7 Å². The molecule has 19 heavy (non-hydrogen) atoms. The number of nitrogens with one attached hydrogen (secondary N) is 1. The van der Waals surface area contributed by atoms with Crippen LogP contribution in [0.25, 0.3) is 0 Å². The van der Waals surface area contributed by atoms with Crippen molar-refractivity contribution in [2.75, 3.05) is 5.32 Å². The van der Waals surface area contributed by atoms with Gasteiger partial charge in [0.1, 0.15) is 6.04 Å². The standard InChI is InChI=1S/C15H15ClN2O/c1-10-7-8-12(16)9-13(10)18-15(19)14(17)11-5-3-2-4-6-11/h2-9,14H,17H2,1H3,(H,18,19)/t14-/m1/s1. The van der Waals surface area contributed by atoms with Crippen molar-refractivity contribution < 1.29 is 4.79 Å². The summed E-state index contributed by atoms with van der Waals surface area (Å²) >= 11 is 5.91. The number of hydrogen-bond donors (Lipinski definition) is 2. The highest BCUT2D eigenvalue weighted by Gasteiger charge is 2.16. The first-order chi connectivity index (χ1) is 9.08. The molecule has 2 rings (SSSR count). The average Bonchev–Trinajstić information content (AvgIpc) is 2.43. The fourth-order valence-electron chi connectivity index (χ4n) is 1.75. The van der Waals surface area contributed by atoms with Crippen LogP contribution in [0.2, 0.25) is 5.02 Å². The molecule has 0 aliphatic heterocycles. The molecule has 4 heteroatoms. The zero-order valence-corrected chi connectivity index (χ0v) is 11.3. The summed E-state index contributed by atoms with van der Waals surface area (Å²) in [4.78, 5) is 12.1. The summed E-state index contributed by atoms with van der Waals surface area (Å²) in [5.74, 6) is -0.253. The van der Waals surface area contributed by atoms with E-state index in [0.717, 1.165) is 11.1 Å². The summed E-state index contributed by atoms with van der Waals surface area (Å²) in [6.07, 6.45) is 0. The Balaban J connectivity index is 2.15. The molecule has 0 spiro atoms. The van der Waals surface area contributed by atoms with Crippen molar-refractivity contribution in [1.29, 1.82) is 0 Å². The summed E-state index contributed by atoms with van der Waals surface area (Å²) in [6, 6.07) is 13.9. The molecule has 0 aliphatic carbocycles. The van der Waals surface area contributed by atoms with E-state index in [1.54, 1.807) is 12.1 Å². The minimum Gasteiger partial charge on any atom is -0.324 e. The third-order valence-electron chi connectivity index (χ3n) is 2.90. The van der Waals surface area contributed by atoms with E-state index < -0.39 is 6.04 Å². The smallest absolute Gasteiger partial charge is 0.245 e. The number of aryl methyl sites for hydroxylation is 1. The predicted octanol–water partition coefficient (Wildman–Crippen LogP) is 3.29. The van der Waals surface area contributed by atoms with E-state index in [1.165, 1.54) is 0 Å². The highest BCUT2D eigenvalue weighted by molar-refractivity contribution is 6.31. The Morgan fingerprint density at radius 3 is 2.58 bits per heavy atom. The van der Waals surface area contributed by atoms with Crippen LogP contribution in [-0.2, 0) is 4.79 Å². The highest BCUT2D eigenvalue weighted by Crippen LogP contribution is 2.21. The van der Waals surface area contributed by atoms with Crippen LogP contribution in [0.15, 0.2) is 48.5 Å². The molecule has 3 nitrogen and oxygen atoms in total. The number of anilines is 1. The Bertz CT molecular complexity index is 584. The van der Waals surface area contributed by atoms with Crippen LogP contribution >= 0.6 is 11.6 Å². The van der Waals surface area contributed by atoms with Gasteiger partial charge in [-0.3, -0.25) is 4.79 Å². The van der Waals surface area contributed by atoms with Gasteiger partial charge in [0.05, 0.1) is 0 Å². The van der Waals surface area contributed by atoms with E-state index in [-0.39, 0.29) is 5.91 Å². The molecule has 3 N–H and O–H groups in total. The van der Waals surface area contributed by atoms with Gasteiger partial charge < -0.3 is 11.1 Å². The largest absolute Gasteiger partial charge is 0.324 e. The van der Waals surface area contributed by atoms with E-state index in [9.17, 15) is 4.79 Å². The zero-order chi connectivity index (χ0) is 13.8. The fourth-order valence-corrected chi connectivity index (χ4v) is 1.92. The Morgan fingerprint density at radius 2 is 1.89 bits per heavy atom. The van der Waals surface area contributed by atoms with Crippen molar-refractivity contribution >= 4 is 23.2 Å². The number of carbonyl (C=O) groups is 1. The lowest BCUT2D eigenvalue weighted by molar-refractivity contribution is -0.117.